The lowest BCUT2D eigenvalue weighted by atomic mass is 9.74. The van der Waals surface area contributed by atoms with Crippen LogP contribution < -0.4 is 5.32 Å². The van der Waals surface area contributed by atoms with Crippen molar-refractivity contribution in [3.8, 4) is 0 Å². The maximum Gasteiger partial charge on any atom is 0.326 e. The molecule has 8 nitrogen and oxygen atoms in total. The number of methoxy groups -OCH3 is 2. The molecule has 1 amide bonds. The van der Waals surface area contributed by atoms with Crippen LogP contribution in [0.5, 0.6) is 0 Å². The summed E-state index contributed by atoms with van der Waals surface area (Å²) in [6.45, 7) is 1.20. The first kappa shape index (κ1) is 18.8. The molecule has 1 fully saturated rings. The molecule has 2 N–H and O–H groups in total. The second-order valence-corrected chi connectivity index (χ2v) is 6.95. The molecule has 0 spiro atoms. The fourth-order valence-corrected chi connectivity index (χ4v) is 4.66. The number of fused-ring (bicyclic) bond motifs is 2. The highest BCUT2D eigenvalue weighted by atomic mass is 32.2. The van der Waals surface area contributed by atoms with E-state index in [2.05, 4.69) is 5.32 Å². The monoisotopic (exact) mass is 359 g/mol. The van der Waals surface area contributed by atoms with Crippen molar-refractivity contribution >= 4 is 29.6 Å². The third-order valence-electron chi connectivity index (χ3n) is 4.23. The van der Waals surface area contributed by atoms with E-state index in [9.17, 15) is 19.5 Å². The molecule has 0 aromatic carbocycles. The number of thioether (sulfide) groups is 1. The fourth-order valence-electron chi connectivity index (χ4n) is 3.28. The number of hydrogen-bond acceptors (Lipinski definition) is 8. The Kier molecular flexibility index (Phi) is 5.56. The molecule has 2 bridgehead atoms. The molecule has 9 heteroatoms. The Bertz CT molecular complexity index is 566. The Morgan fingerprint density at radius 1 is 1.33 bits per heavy atom. The molecule has 2 rings (SSSR count). The van der Waals surface area contributed by atoms with Gasteiger partial charge >= 0.3 is 11.9 Å². The number of amides is 1. The third-order valence-corrected chi connectivity index (χ3v) is 5.73. The first-order chi connectivity index (χ1) is 11.4. The summed E-state index contributed by atoms with van der Waals surface area (Å²) in [5.74, 6) is -2.35. The molecule has 134 valence electrons. The molecule has 0 aliphatic carbocycles. The van der Waals surface area contributed by atoms with Crippen LogP contribution in [0.25, 0.3) is 0 Å². The Labute approximate surface area is 143 Å². The van der Waals surface area contributed by atoms with Crippen LogP contribution in [0.4, 0.5) is 0 Å². The molecule has 0 saturated carbocycles. The van der Waals surface area contributed by atoms with E-state index in [1.165, 1.54) is 21.1 Å². The van der Waals surface area contributed by atoms with Crippen LogP contribution in [0.15, 0.2) is 12.2 Å². The number of aliphatic hydroxyl groups excluding tert-OH is 1. The van der Waals surface area contributed by atoms with Crippen LogP contribution in [0.2, 0.25) is 0 Å². The van der Waals surface area contributed by atoms with Gasteiger partial charge in [0.2, 0.25) is 5.91 Å². The Morgan fingerprint density at radius 3 is 2.58 bits per heavy atom. The Balaban J connectivity index is 2.49. The van der Waals surface area contributed by atoms with Gasteiger partial charge in [-0.3, -0.25) is 14.4 Å². The van der Waals surface area contributed by atoms with Crippen molar-refractivity contribution in [2.45, 2.75) is 23.4 Å². The van der Waals surface area contributed by atoms with Crippen molar-refractivity contribution in [1.82, 2.24) is 5.32 Å². The lowest BCUT2D eigenvalue weighted by Crippen LogP contribution is -2.58. The van der Waals surface area contributed by atoms with Gasteiger partial charge in [-0.25, -0.2) is 0 Å². The zero-order chi connectivity index (χ0) is 18.0. The molecule has 0 radical (unpaired) electrons. The van der Waals surface area contributed by atoms with Crippen LogP contribution >= 0.6 is 11.8 Å². The number of carbonyl (C=O) groups excluding carboxylic acids is 3. The third kappa shape index (κ3) is 2.80. The van der Waals surface area contributed by atoms with Gasteiger partial charge < -0.3 is 24.6 Å². The molecule has 0 aromatic heterocycles. The second kappa shape index (κ2) is 7.12. The van der Waals surface area contributed by atoms with E-state index < -0.39 is 34.3 Å². The summed E-state index contributed by atoms with van der Waals surface area (Å²) < 4.78 is 14.4. The zero-order valence-electron chi connectivity index (χ0n) is 13.7. The van der Waals surface area contributed by atoms with E-state index in [-0.39, 0.29) is 24.8 Å². The first-order valence-electron chi connectivity index (χ1n) is 7.40. The van der Waals surface area contributed by atoms with Crippen molar-refractivity contribution in [2.75, 3.05) is 33.1 Å². The van der Waals surface area contributed by atoms with E-state index in [4.69, 9.17) is 14.2 Å². The van der Waals surface area contributed by atoms with Gasteiger partial charge in [-0.2, -0.15) is 0 Å². The average Bonchev–Trinajstić information content (AvgIpc) is 3.12. The zero-order valence-corrected chi connectivity index (χ0v) is 14.6. The number of ether oxygens (including phenoxy) is 3. The van der Waals surface area contributed by atoms with E-state index in [1.807, 2.05) is 0 Å². The van der Waals surface area contributed by atoms with Gasteiger partial charge in [-0.15, -0.1) is 11.8 Å². The van der Waals surface area contributed by atoms with Gasteiger partial charge in [0.15, 0.2) is 4.75 Å². The molecule has 0 aromatic rings. The summed E-state index contributed by atoms with van der Waals surface area (Å²) in [5, 5.41) is 11.8. The summed E-state index contributed by atoms with van der Waals surface area (Å²) in [4.78, 5) is 36.4. The highest BCUT2D eigenvalue weighted by Crippen LogP contribution is 2.56. The average molecular weight is 359 g/mol. The minimum atomic E-state index is -1.38. The van der Waals surface area contributed by atoms with Gasteiger partial charge in [-0.1, -0.05) is 12.2 Å². The molecule has 2 aliphatic heterocycles. The Hall–Kier alpha value is -1.58. The molecule has 1 saturated heterocycles. The predicted octanol–water partition coefficient (Wildman–Crippen LogP) is -0.744. The minimum absolute atomic E-state index is 0.0214. The Morgan fingerprint density at radius 2 is 2.04 bits per heavy atom. The maximum atomic E-state index is 12.6. The quantitative estimate of drug-likeness (QED) is 0.451. The number of carbonyl (C=O) groups is 3. The highest BCUT2D eigenvalue weighted by Gasteiger charge is 2.72. The predicted molar refractivity (Wildman–Crippen MR) is 85.2 cm³/mol. The lowest BCUT2D eigenvalue weighted by Gasteiger charge is -2.38. The number of hydrogen-bond donors (Lipinski definition) is 2. The van der Waals surface area contributed by atoms with Crippen LogP contribution in [0.3, 0.4) is 0 Å². The summed E-state index contributed by atoms with van der Waals surface area (Å²) in [6.07, 6.45) is 2.64. The fraction of sp³-hybridized carbons (Fsp3) is 0.667. The van der Waals surface area contributed by atoms with Crippen molar-refractivity contribution in [3.05, 3.63) is 12.2 Å². The van der Waals surface area contributed by atoms with Gasteiger partial charge in [0, 0.05) is 12.7 Å². The van der Waals surface area contributed by atoms with E-state index in [0.29, 0.717) is 0 Å². The van der Waals surface area contributed by atoms with Crippen LogP contribution in [-0.4, -0.2) is 72.5 Å². The molecule has 2 heterocycles. The second-order valence-electron chi connectivity index (χ2n) is 5.58. The lowest BCUT2D eigenvalue weighted by molar-refractivity contribution is -0.156. The summed E-state index contributed by atoms with van der Waals surface area (Å²) >= 11 is 1.10. The molecular formula is C15H21NO7S. The van der Waals surface area contributed by atoms with E-state index in [1.54, 1.807) is 12.2 Å². The first-order valence-corrected chi connectivity index (χ1v) is 8.39. The molecule has 24 heavy (non-hydrogen) atoms. The molecular weight excluding hydrogens is 338 g/mol. The van der Waals surface area contributed by atoms with Gasteiger partial charge in [-0.05, 0) is 0 Å². The van der Waals surface area contributed by atoms with Crippen LogP contribution in [0.1, 0.15) is 6.92 Å². The van der Waals surface area contributed by atoms with Gasteiger partial charge in [0.1, 0.15) is 17.6 Å². The number of aliphatic hydroxyl groups is 1. The number of nitrogens with one attached hydrogen (secondary N) is 1. The van der Waals surface area contributed by atoms with Crippen molar-refractivity contribution in [1.29, 1.82) is 0 Å². The number of esters is 2. The van der Waals surface area contributed by atoms with Crippen molar-refractivity contribution in [3.63, 3.8) is 0 Å². The largest absolute Gasteiger partial charge is 0.469 e. The number of rotatable bonds is 7. The normalized spacial score (nSPS) is 33.3. The standard InChI is InChI=1S/C15H21NO7S/c1-9(18)16-8-14-5-4-10(23-14)15(13(20)22-3,24-7-6-17)11(14)12(19)21-2/h4-5,10-11,17H,6-8H2,1-3H3,(H,16,18). The van der Waals surface area contributed by atoms with Gasteiger partial charge in [0.05, 0.1) is 27.4 Å². The summed E-state index contributed by atoms with van der Waals surface area (Å²) in [7, 11) is 2.46. The van der Waals surface area contributed by atoms with Gasteiger partial charge in [0.25, 0.3) is 0 Å². The smallest absolute Gasteiger partial charge is 0.326 e. The van der Waals surface area contributed by atoms with Crippen LogP contribution in [-0.2, 0) is 28.6 Å². The molecule has 4 atom stereocenters. The molecule has 2 aliphatic rings. The summed E-state index contributed by atoms with van der Waals surface area (Å²) in [6, 6.07) is 0. The van der Waals surface area contributed by atoms with E-state index >= 15 is 0 Å². The maximum absolute atomic E-state index is 12.6. The molecule has 4 unspecified atom stereocenters. The van der Waals surface area contributed by atoms with Crippen molar-refractivity contribution < 1.29 is 33.7 Å². The highest BCUT2D eigenvalue weighted by molar-refractivity contribution is 8.01. The SMILES string of the molecule is COC(=O)C1C2(CNC(C)=O)C=CC(O2)C1(SCCO)C(=O)OC. The summed E-state index contributed by atoms with van der Waals surface area (Å²) in [5.41, 5.74) is -1.19. The van der Waals surface area contributed by atoms with Crippen molar-refractivity contribution in [2.24, 2.45) is 5.92 Å². The topological polar surface area (TPSA) is 111 Å². The van der Waals surface area contributed by atoms with Crippen LogP contribution in [0, 0.1) is 5.92 Å². The minimum Gasteiger partial charge on any atom is -0.469 e. The van der Waals surface area contributed by atoms with E-state index in [0.717, 1.165) is 11.8 Å².